The Balaban J connectivity index is 2.41. The Morgan fingerprint density at radius 1 is 1.50 bits per heavy atom. The maximum Gasteiger partial charge on any atom is 0.132 e. The summed E-state index contributed by atoms with van der Waals surface area (Å²) in [6.07, 6.45) is 4.83. The molecule has 1 aliphatic carbocycles. The highest BCUT2D eigenvalue weighted by Crippen LogP contribution is 2.34. The Labute approximate surface area is 96.6 Å². The molecule has 0 amide bonds. The van der Waals surface area contributed by atoms with Gasteiger partial charge in [-0.05, 0) is 30.4 Å². The molecule has 0 aliphatic heterocycles. The Morgan fingerprint density at radius 3 is 3.06 bits per heavy atom. The minimum atomic E-state index is -0.511. The number of nitrogens with zero attached hydrogens (tertiary/aromatic N) is 1. The molecule has 82 valence electrons. The molecule has 0 aromatic heterocycles. The van der Waals surface area contributed by atoms with Crippen LogP contribution in [0.5, 0.6) is 0 Å². The third-order valence-corrected chi connectivity index (χ3v) is 3.21. The smallest absolute Gasteiger partial charge is 0.132 e. The number of hydrogen-bond donors (Lipinski definition) is 1. The molecule has 1 atom stereocenters. The molecule has 2 heteroatoms. The SMILES string of the molecule is C=CCNC1(C#N)CCCc2ccccc21. The molecule has 1 aromatic rings. The largest absolute Gasteiger partial charge is 0.292 e. The molecule has 2 nitrogen and oxygen atoms in total. The fraction of sp³-hybridized carbons (Fsp3) is 0.357. The van der Waals surface area contributed by atoms with Crippen molar-refractivity contribution >= 4 is 0 Å². The zero-order valence-electron chi connectivity index (χ0n) is 9.37. The summed E-state index contributed by atoms with van der Waals surface area (Å²) in [5, 5.41) is 12.8. The molecule has 0 saturated heterocycles. The van der Waals surface area contributed by atoms with Crippen molar-refractivity contribution in [3.8, 4) is 6.07 Å². The van der Waals surface area contributed by atoms with Gasteiger partial charge in [-0.1, -0.05) is 30.3 Å². The summed E-state index contributed by atoms with van der Waals surface area (Å²) < 4.78 is 0. The van der Waals surface area contributed by atoms with E-state index in [4.69, 9.17) is 0 Å². The van der Waals surface area contributed by atoms with Crippen molar-refractivity contribution < 1.29 is 0 Å². The molecule has 0 saturated carbocycles. The molecule has 0 bridgehead atoms. The first kappa shape index (κ1) is 10.9. The van der Waals surface area contributed by atoms with Crippen LogP contribution in [0.15, 0.2) is 36.9 Å². The standard InChI is InChI=1S/C14H16N2/c1-2-10-16-14(11-15)9-5-7-12-6-3-4-8-13(12)14/h2-4,6,8,16H,1,5,7,9-10H2. The van der Waals surface area contributed by atoms with Crippen LogP contribution in [-0.4, -0.2) is 6.54 Å². The van der Waals surface area contributed by atoms with Gasteiger partial charge in [0.2, 0.25) is 0 Å². The second-order valence-electron chi connectivity index (χ2n) is 4.20. The highest BCUT2D eigenvalue weighted by Gasteiger charge is 2.35. The van der Waals surface area contributed by atoms with Crippen molar-refractivity contribution in [2.75, 3.05) is 6.54 Å². The molecule has 1 N–H and O–H groups in total. The van der Waals surface area contributed by atoms with Crippen LogP contribution >= 0.6 is 0 Å². The molecule has 1 unspecified atom stereocenters. The van der Waals surface area contributed by atoms with Crippen LogP contribution in [0, 0.1) is 11.3 Å². The van der Waals surface area contributed by atoms with Crippen LogP contribution in [0.4, 0.5) is 0 Å². The summed E-state index contributed by atoms with van der Waals surface area (Å²) in [4.78, 5) is 0. The lowest BCUT2D eigenvalue weighted by molar-refractivity contribution is 0.382. The minimum Gasteiger partial charge on any atom is -0.292 e. The average molecular weight is 212 g/mol. The number of hydrogen-bond acceptors (Lipinski definition) is 2. The van der Waals surface area contributed by atoms with Crippen molar-refractivity contribution in [3.63, 3.8) is 0 Å². The predicted molar refractivity (Wildman–Crippen MR) is 64.9 cm³/mol. The van der Waals surface area contributed by atoms with Crippen LogP contribution in [0.25, 0.3) is 0 Å². The van der Waals surface area contributed by atoms with Gasteiger partial charge in [-0.25, -0.2) is 0 Å². The molecule has 0 radical (unpaired) electrons. The molecule has 1 aliphatic rings. The second-order valence-corrected chi connectivity index (χ2v) is 4.20. The van der Waals surface area contributed by atoms with Crippen LogP contribution in [0.3, 0.4) is 0 Å². The zero-order valence-corrected chi connectivity index (χ0v) is 9.37. The first-order valence-corrected chi connectivity index (χ1v) is 5.68. The van der Waals surface area contributed by atoms with E-state index < -0.39 is 5.54 Å². The van der Waals surface area contributed by atoms with Crippen molar-refractivity contribution in [3.05, 3.63) is 48.0 Å². The molecular weight excluding hydrogens is 196 g/mol. The Hall–Kier alpha value is -1.59. The van der Waals surface area contributed by atoms with Gasteiger partial charge < -0.3 is 0 Å². The number of nitriles is 1. The molecule has 2 rings (SSSR count). The van der Waals surface area contributed by atoms with E-state index in [-0.39, 0.29) is 0 Å². The number of rotatable bonds is 3. The normalized spacial score (nSPS) is 23.2. The highest BCUT2D eigenvalue weighted by molar-refractivity contribution is 5.40. The number of fused-ring (bicyclic) bond motifs is 1. The van der Waals surface area contributed by atoms with Gasteiger partial charge >= 0.3 is 0 Å². The van der Waals surface area contributed by atoms with E-state index in [9.17, 15) is 5.26 Å². The van der Waals surface area contributed by atoms with Gasteiger partial charge in [-0.3, -0.25) is 5.32 Å². The van der Waals surface area contributed by atoms with E-state index in [1.54, 1.807) is 6.08 Å². The van der Waals surface area contributed by atoms with E-state index in [2.05, 4.69) is 30.1 Å². The van der Waals surface area contributed by atoms with Crippen LogP contribution in [0.1, 0.15) is 24.0 Å². The summed E-state index contributed by atoms with van der Waals surface area (Å²) in [7, 11) is 0. The van der Waals surface area contributed by atoms with Gasteiger partial charge in [0.05, 0.1) is 6.07 Å². The quantitative estimate of drug-likeness (QED) is 0.781. The van der Waals surface area contributed by atoms with Gasteiger partial charge in [0.25, 0.3) is 0 Å². The Morgan fingerprint density at radius 2 is 2.31 bits per heavy atom. The summed E-state index contributed by atoms with van der Waals surface area (Å²) in [6.45, 7) is 4.36. The number of benzene rings is 1. The van der Waals surface area contributed by atoms with Crippen molar-refractivity contribution in [2.24, 2.45) is 0 Å². The van der Waals surface area contributed by atoms with E-state index in [0.717, 1.165) is 24.8 Å². The summed E-state index contributed by atoms with van der Waals surface area (Å²) in [5.74, 6) is 0. The van der Waals surface area contributed by atoms with Gasteiger partial charge in [0, 0.05) is 6.54 Å². The predicted octanol–water partition coefficient (Wildman–Crippen LogP) is 2.52. The monoisotopic (exact) mass is 212 g/mol. The average Bonchev–Trinajstić information content (AvgIpc) is 2.36. The number of nitrogens with one attached hydrogen (secondary N) is 1. The highest BCUT2D eigenvalue weighted by atomic mass is 15.0. The van der Waals surface area contributed by atoms with Crippen LogP contribution in [-0.2, 0) is 12.0 Å². The van der Waals surface area contributed by atoms with Gasteiger partial charge in [-0.15, -0.1) is 6.58 Å². The molecule has 0 spiro atoms. The molecule has 16 heavy (non-hydrogen) atoms. The van der Waals surface area contributed by atoms with E-state index >= 15 is 0 Å². The van der Waals surface area contributed by atoms with Crippen molar-refractivity contribution in [1.29, 1.82) is 5.26 Å². The van der Waals surface area contributed by atoms with Crippen molar-refractivity contribution in [2.45, 2.75) is 24.8 Å². The van der Waals surface area contributed by atoms with E-state index in [0.29, 0.717) is 6.54 Å². The topological polar surface area (TPSA) is 35.8 Å². The maximum absolute atomic E-state index is 9.47. The lowest BCUT2D eigenvalue weighted by atomic mass is 9.77. The first-order chi connectivity index (χ1) is 7.82. The Kier molecular flexibility index (Phi) is 3.07. The zero-order chi connectivity index (χ0) is 11.4. The lowest BCUT2D eigenvalue weighted by Gasteiger charge is -2.33. The van der Waals surface area contributed by atoms with Crippen molar-refractivity contribution in [1.82, 2.24) is 5.32 Å². The molecular formula is C14H16N2. The third kappa shape index (κ3) is 1.75. The first-order valence-electron chi connectivity index (χ1n) is 5.68. The van der Waals surface area contributed by atoms with Gasteiger partial charge in [0.1, 0.15) is 5.54 Å². The van der Waals surface area contributed by atoms with E-state index in [1.807, 2.05) is 12.1 Å². The molecule has 1 aromatic carbocycles. The second kappa shape index (κ2) is 4.51. The fourth-order valence-corrected chi connectivity index (χ4v) is 2.42. The summed E-state index contributed by atoms with van der Waals surface area (Å²) in [5.41, 5.74) is 1.93. The number of aryl methyl sites for hydroxylation is 1. The fourth-order valence-electron chi connectivity index (χ4n) is 2.42. The summed E-state index contributed by atoms with van der Waals surface area (Å²) in [6, 6.07) is 10.7. The third-order valence-electron chi connectivity index (χ3n) is 3.21. The van der Waals surface area contributed by atoms with Crippen LogP contribution < -0.4 is 5.32 Å². The summed E-state index contributed by atoms with van der Waals surface area (Å²) >= 11 is 0. The van der Waals surface area contributed by atoms with Gasteiger partial charge in [-0.2, -0.15) is 5.26 Å². The van der Waals surface area contributed by atoms with Gasteiger partial charge in [0.15, 0.2) is 0 Å². The molecule has 0 fully saturated rings. The Bertz CT molecular complexity index is 431. The lowest BCUT2D eigenvalue weighted by Crippen LogP contribution is -2.43. The molecule has 0 heterocycles. The minimum absolute atomic E-state index is 0.511. The maximum atomic E-state index is 9.47. The van der Waals surface area contributed by atoms with E-state index in [1.165, 1.54) is 5.56 Å². The van der Waals surface area contributed by atoms with Crippen LogP contribution in [0.2, 0.25) is 0 Å².